The van der Waals surface area contributed by atoms with E-state index in [1.807, 2.05) is 19.9 Å². The van der Waals surface area contributed by atoms with Crippen LogP contribution >= 0.6 is 0 Å². The van der Waals surface area contributed by atoms with Gasteiger partial charge in [0.2, 0.25) is 0 Å². The number of hydrogen-bond acceptors (Lipinski definition) is 5. The third-order valence-corrected chi connectivity index (χ3v) is 3.33. The maximum Gasteiger partial charge on any atom is 0.131 e. The molecule has 18 heavy (non-hydrogen) atoms. The molecule has 0 aromatic carbocycles. The van der Waals surface area contributed by atoms with Crippen LogP contribution in [0.3, 0.4) is 0 Å². The number of hydrogen-bond donors (Lipinski definition) is 3. The second-order valence-electron chi connectivity index (χ2n) is 5.00. The molecule has 0 bridgehead atoms. The molecule has 0 unspecified atom stereocenters. The first-order valence-electron chi connectivity index (χ1n) is 6.67. The first-order valence-corrected chi connectivity index (χ1v) is 6.67. The fraction of sp³-hybridized carbons (Fsp3) is 0.692. The van der Waals surface area contributed by atoms with Crippen LogP contribution in [-0.4, -0.2) is 33.8 Å². The van der Waals surface area contributed by atoms with Gasteiger partial charge in [0.05, 0.1) is 5.60 Å². The van der Waals surface area contributed by atoms with Crippen LogP contribution in [0.15, 0.2) is 6.07 Å². The molecule has 1 aromatic heterocycles. The lowest BCUT2D eigenvalue weighted by molar-refractivity contribution is 0.0614. The molecule has 1 aliphatic rings. The van der Waals surface area contributed by atoms with Crippen LogP contribution < -0.4 is 10.6 Å². The summed E-state index contributed by atoms with van der Waals surface area (Å²) in [4.78, 5) is 8.63. The van der Waals surface area contributed by atoms with Crippen LogP contribution in [0.25, 0.3) is 0 Å². The summed E-state index contributed by atoms with van der Waals surface area (Å²) >= 11 is 0. The number of anilines is 2. The zero-order valence-corrected chi connectivity index (χ0v) is 11.2. The molecule has 0 saturated heterocycles. The van der Waals surface area contributed by atoms with Gasteiger partial charge in [0.25, 0.3) is 0 Å². The SMILES string of the molecule is CCNc1cc(NCC2(O)CCCC2)nc(C)n1. The standard InChI is InChI=1S/C13H22N4O/c1-3-14-11-8-12(17-10(2)16-11)15-9-13(18)6-4-5-7-13/h8,18H,3-7,9H2,1-2H3,(H2,14,15,16,17). The van der Waals surface area contributed by atoms with Gasteiger partial charge in [-0.05, 0) is 26.7 Å². The minimum absolute atomic E-state index is 0.558. The molecule has 0 radical (unpaired) electrons. The Morgan fingerprint density at radius 1 is 1.22 bits per heavy atom. The third-order valence-electron chi connectivity index (χ3n) is 3.33. The summed E-state index contributed by atoms with van der Waals surface area (Å²) < 4.78 is 0. The Balaban J connectivity index is 2.00. The monoisotopic (exact) mass is 250 g/mol. The van der Waals surface area contributed by atoms with E-state index in [9.17, 15) is 5.11 Å². The van der Waals surface area contributed by atoms with Crippen molar-refractivity contribution in [1.82, 2.24) is 9.97 Å². The van der Waals surface area contributed by atoms with Crippen molar-refractivity contribution in [1.29, 1.82) is 0 Å². The van der Waals surface area contributed by atoms with Crippen molar-refractivity contribution in [2.24, 2.45) is 0 Å². The van der Waals surface area contributed by atoms with Crippen molar-refractivity contribution in [3.05, 3.63) is 11.9 Å². The Kier molecular flexibility index (Phi) is 4.01. The number of nitrogens with one attached hydrogen (secondary N) is 2. The van der Waals surface area contributed by atoms with Crippen molar-refractivity contribution < 1.29 is 5.11 Å². The fourth-order valence-electron chi connectivity index (χ4n) is 2.39. The summed E-state index contributed by atoms with van der Waals surface area (Å²) in [5, 5.41) is 16.7. The molecule has 100 valence electrons. The van der Waals surface area contributed by atoms with E-state index < -0.39 is 5.60 Å². The quantitative estimate of drug-likeness (QED) is 0.745. The van der Waals surface area contributed by atoms with E-state index in [1.165, 1.54) is 0 Å². The van der Waals surface area contributed by atoms with Crippen LogP contribution in [0.1, 0.15) is 38.4 Å². The van der Waals surface area contributed by atoms with E-state index in [0.29, 0.717) is 6.54 Å². The summed E-state index contributed by atoms with van der Waals surface area (Å²) in [5.74, 6) is 2.33. The zero-order valence-electron chi connectivity index (χ0n) is 11.2. The minimum Gasteiger partial charge on any atom is -0.388 e. The van der Waals surface area contributed by atoms with E-state index in [1.54, 1.807) is 0 Å². The number of aromatic nitrogens is 2. The van der Waals surface area contributed by atoms with Crippen LogP contribution in [0.5, 0.6) is 0 Å². The molecule has 1 fully saturated rings. The Morgan fingerprint density at radius 2 is 1.83 bits per heavy atom. The first-order chi connectivity index (χ1) is 8.61. The summed E-state index contributed by atoms with van der Waals surface area (Å²) in [5.41, 5.74) is -0.558. The maximum absolute atomic E-state index is 10.3. The second-order valence-corrected chi connectivity index (χ2v) is 5.00. The second kappa shape index (κ2) is 5.52. The highest BCUT2D eigenvalue weighted by atomic mass is 16.3. The molecule has 2 rings (SSSR count). The van der Waals surface area contributed by atoms with Crippen LogP contribution in [-0.2, 0) is 0 Å². The van der Waals surface area contributed by atoms with E-state index in [4.69, 9.17) is 0 Å². The van der Waals surface area contributed by atoms with Gasteiger partial charge in [-0.25, -0.2) is 9.97 Å². The van der Waals surface area contributed by atoms with Gasteiger partial charge in [0.1, 0.15) is 17.5 Å². The predicted molar refractivity (Wildman–Crippen MR) is 72.8 cm³/mol. The maximum atomic E-state index is 10.3. The summed E-state index contributed by atoms with van der Waals surface area (Å²) in [7, 11) is 0. The largest absolute Gasteiger partial charge is 0.388 e. The number of aliphatic hydroxyl groups is 1. The summed E-state index contributed by atoms with van der Waals surface area (Å²) in [6.45, 7) is 5.30. The molecule has 1 heterocycles. The average Bonchev–Trinajstić information content (AvgIpc) is 2.74. The van der Waals surface area contributed by atoms with Crippen molar-refractivity contribution >= 4 is 11.6 Å². The smallest absolute Gasteiger partial charge is 0.131 e. The lowest BCUT2D eigenvalue weighted by Gasteiger charge is -2.22. The van der Waals surface area contributed by atoms with E-state index in [0.717, 1.165) is 49.7 Å². The van der Waals surface area contributed by atoms with Gasteiger partial charge in [0.15, 0.2) is 0 Å². The van der Waals surface area contributed by atoms with E-state index in [-0.39, 0.29) is 0 Å². The molecular formula is C13H22N4O. The third kappa shape index (κ3) is 3.32. The predicted octanol–water partition coefficient (Wildman–Crippen LogP) is 1.93. The molecule has 5 nitrogen and oxygen atoms in total. The van der Waals surface area contributed by atoms with E-state index in [2.05, 4.69) is 20.6 Å². The van der Waals surface area contributed by atoms with Gasteiger partial charge >= 0.3 is 0 Å². The number of aryl methyl sites for hydroxylation is 1. The van der Waals surface area contributed by atoms with Crippen molar-refractivity contribution in [3.8, 4) is 0 Å². The molecular weight excluding hydrogens is 228 g/mol. The van der Waals surface area contributed by atoms with Gasteiger partial charge in [-0.3, -0.25) is 0 Å². The zero-order chi connectivity index (χ0) is 13.0. The molecule has 0 aliphatic heterocycles. The molecule has 0 atom stereocenters. The Labute approximate surface area is 108 Å². The van der Waals surface area contributed by atoms with Crippen molar-refractivity contribution in [3.63, 3.8) is 0 Å². The molecule has 5 heteroatoms. The van der Waals surface area contributed by atoms with Gasteiger partial charge in [-0.2, -0.15) is 0 Å². The lowest BCUT2D eigenvalue weighted by Crippen LogP contribution is -2.33. The van der Waals surface area contributed by atoms with Crippen LogP contribution in [0.4, 0.5) is 11.6 Å². The molecule has 1 aliphatic carbocycles. The Bertz CT molecular complexity index is 402. The highest BCUT2D eigenvalue weighted by Crippen LogP contribution is 2.29. The van der Waals surface area contributed by atoms with E-state index >= 15 is 0 Å². The van der Waals surface area contributed by atoms with Gasteiger partial charge in [0, 0.05) is 19.2 Å². The van der Waals surface area contributed by atoms with Gasteiger partial charge in [-0.1, -0.05) is 12.8 Å². The molecule has 3 N–H and O–H groups in total. The average molecular weight is 250 g/mol. The minimum atomic E-state index is -0.558. The van der Waals surface area contributed by atoms with Gasteiger partial charge < -0.3 is 15.7 Å². The van der Waals surface area contributed by atoms with Crippen LogP contribution in [0, 0.1) is 6.92 Å². The van der Waals surface area contributed by atoms with Gasteiger partial charge in [-0.15, -0.1) is 0 Å². The molecule has 0 amide bonds. The number of rotatable bonds is 5. The summed E-state index contributed by atoms with van der Waals surface area (Å²) in [6, 6.07) is 1.88. The highest BCUT2D eigenvalue weighted by molar-refractivity contribution is 5.47. The van der Waals surface area contributed by atoms with Crippen molar-refractivity contribution in [2.75, 3.05) is 23.7 Å². The molecule has 0 spiro atoms. The number of nitrogens with zero attached hydrogens (tertiary/aromatic N) is 2. The normalized spacial score (nSPS) is 17.7. The highest BCUT2D eigenvalue weighted by Gasteiger charge is 2.30. The fourth-order valence-corrected chi connectivity index (χ4v) is 2.39. The Hall–Kier alpha value is -1.36. The lowest BCUT2D eigenvalue weighted by atomic mass is 10.0. The van der Waals surface area contributed by atoms with Crippen LogP contribution in [0.2, 0.25) is 0 Å². The topological polar surface area (TPSA) is 70.1 Å². The first kappa shape index (κ1) is 13.1. The van der Waals surface area contributed by atoms with Crippen molar-refractivity contribution in [2.45, 2.75) is 45.1 Å². The molecule has 1 aromatic rings. The summed E-state index contributed by atoms with van der Waals surface area (Å²) in [6.07, 6.45) is 3.99. The molecule has 1 saturated carbocycles. The Morgan fingerprint density at radius 3 is 2.44 bits per heavy atom.